The van der Waals surface area contributed by atoms with Crippen LogP contribution in [0.2, 0.25) is 0 Å². The first kappa shape index (κ1) is 13.1. The predicted octanol–water partition coefficient (Wildman–Crippen LogP) is 3.46. The first-order valence-corrected chi connectivity index (χ1v) is 6.65. The van der Waals surface area contributed by atoms with Crippen molar-refractivity contribution in [2.75, 3.05) is 6.61 Å². The Morgan fingerprint density at radius 1 is 1.33 bits per heavy atom. The van der Waals surface area contributed by atoms with E-state index in [2.05, 4.69) is 0 Å². The molecule has 1 aliphatic carbocycles. The Morgan fingerprint density at radius 2 is 2.06 bits per heavy atom. The molecule has 100 valence electrons. The Morgan fingerprint density at radius 3 is 2.72 bits per heavy atom. The topological polar surface area (TPSA) is 59.7 Å². The minimum absolute atomic E-state index is 0.205. The molecule has 4 heteroatoms. The van der Waals surface area contributed by atoms with Gasteiger partial charge in [-0.3, -0.25) is 0 Å². The van der Waals surface area contributed by atoms with Crippen LogP contribution in [0.1, 0.15) is 54.6 Å². The molecular weight excluding hydrogens is 232 g/mol. The molecule has 4 nitrogen and oxygen atoms in total. The third-order valence-electron chi connectivity index (χ3n) is 3.54. The molecular formula is C14H20O4. The van der Waals surface area contributed by atoms with Crippen molar-refractivity contribution < 1.29 is 19.1 Å². The molecule has 1 saturated carbocycles. The monoisotopic (exact) mass is 252 g/mol. The van der Waals surface area contributed by atoms with E-state index in [1.165, 1.54) is 50.9 Å². The smallest absolute Gasteiger partial charge is 0.339 e. The van der Waals surface area contributed by atoms with Gasteiger partial charge in [0.2, 0.25) is 0 Å². The SMILES string of the molecule is O=C(O)c1ccoc1COCC1CCCCCC1. The third-order valence-corrected chi connectivity index (χ3v) is 3.54. The molecule has 1 N–H and O–H groups in total. The highest BCUT2D eigenvalue weighted by atomic mass is 16.5. The average Bonchev–Trinajstić information content (AvgIpc) is 2.66. The van der Waals surface area contributed by atoms with Crippen LogP contribution in [0.15, 0.2) is 16.7 Å². The quantitative estimate of drug-likeness (QED) is 0.815. The second-order valence-corrected chi connectivity index (χ2v) is 4.94. The molecule has 0 amide bonds. The van der Waals surface area contributed by atoms with Gasteiger partial charge in [0.25, 0.3) is 0 Å². The Hall–Kier alpha value is -1.29. The molecule has 0 aromatic carbocycles. The molecule has 18 heavy (non-hydrogen) atoms. The zero-order chi connectivity index (χ0) is 12.8. The number of aromatic carboxylic acids is 1. The fourth-order valence-electron chi connectivity index (χ4n) is 2.49. The fourth-order valence-corrected chi connectivity index (χ4v) is 2.49. The van der Waals surface area contributed by atoms with Crippen LogP contribution in [0.4, 0.5) is 0 Å². The van der Waals surface area contributed by atoms with Gasteiger partial charge in [-0.05, 0) is 24.8 Å². The molecule has 1 aliphatic rings. The van der Waals surface area contributed by atoms with Gasteiger partial charge in [-0.2, -0.15) is 0 Å². The summed E-state index contributed by atoms with van der Waals surface area (Å²) in [7, 11) is 0. The Labute approximate surface area is 107 Å². The van der Waals surface area contributed by atoms with Crippen molar-refractivity contribution in [3.8, 4) is 0 Å². The minimum Gasteiger partial charge on any atom is -0.478 e. The summed E-state index contributed by atoms with van der Waals surface area (Å²) in [6.07, 6.45) is 9.09. The Bertz CT molecular complexity index is 375. The third kappa shape index (κ3) is 3.60. The largest absolute Gasteiger partial charge is 0.478 e. The van der Waals surface area contributed by atoms with E-state index in [0.717, 1.165) is 0 Å². The van der Waals surface area contributed by atoms with Gasteiger partial charge in [0, 0.05) is 6.61 Å². The number of ether oxygens (including phenoxy) is 1. The van der Waals surface area contributed by atoms with Crippen LogP contribution in [-0.2, 0) is 11.3 Å². The number of hydrogen-bond donors (Lipinski definition) is 1. The van der Waals surface area contributed by atoms with Crippen LogP contribution >= 0.6 is 0 Å². The average molecular weight is 252 g/mol. The normalized spacial score (nSPS) is 17.6. The van der Waals surface area contributed by atoms with E-state index in [0.29, 0.717) is 18.3 Å². The van der Waals surface area contributed by atoms with Gasteiger partial charge in [-0.25, -0.2) is 4.79 Å². The molecule has 1 aromatic heterocycles. The zero-order valence-corrected chi connectivity index (χ0v) is 10.6. The molecule has 0 bridgehead atoms. The van der Waals surface area contributed by atoms with Crippen LogP contribution in [0.3, 0.4) is 0 Å². The summed E-state index contributed by atoms with van der Waals surface area (Å²) in [5.41, 5.74) is 0.205. The molecule has 0 saturated heterocycles. The van der Waals surface area contributed by atoms with E-state index in [-0.39, 0.29) is 12.2 Å². The fraction of sp³-hybridized carbons (Fsp3) is 0.643. The van der Waals surface area contributed by atoms with Crippen molar-refractivity contribution in [2.45, 2.75) is 45.1 Å². The van der Waals surface area contributed by atoms with Crippen molar-refractivity contribution in [1.82, 2.24) is 0 Å². The summed E-state index contributed by atoms with van der Waals surface area (Å²) in [6, 6.07) is 1.46. The number of carboxylic acid groups (broad SMARTS) is 1. The summed E-state index contributed by atoms with van der Waals surface area (Å²) in [6.45, 7) is 0.963. The van der Waals surface area contributed by atoms with Gasteiger partial charge in [0.1, 0.15) is 17.9 Å². The van der Waals surface area contributed by atoms with Crippen LogP contribution in [0.5, 0.6) is 0 Å². The first-order chi connectivity index (χ1) is 8.77. The van der Waals surface area contributed by atoms with Gasteiger partial charge >= 0.3 is 5.97 Å². The lowest BCUT2D eigenvalue weighted by molar-refractivity contribution is 0.0628. The van der Waals surface area contributed by atoms with Crippen LogP contribution < -0.4 is 0 Å². The predicted molar refractivity (Wildman–Crippen MR) is 66.5 cm³/mol. The number of furan rings is 1. The maximum Gasteiger partial charge on any atom is 0.339 e. The van der Waals surface area contributed by atoms with Crippen molar-refractivity contribution in [3.63, 3.8) is 0 Å². The van der Waals surface area contributed by atoms with E-state index in [4.69, 9.17) is 14.3 Å². The molecule has 1 fully saturated rings. The van der Waals surface area contributed by atoms with Crippen LogP contribution in [0, 0.1) is 5.92 Å². The highest BCUT2D eigenvalue weighted by Crippen LogP contribution is 2.23. The Kier molecular flexibility index (Phi) is 4.81. The first-order valence-electron chi connectivity index (χ1n) is 6.65. The van der Waals surface area contributed by atoms with Crippen molar-refractivity contribution in [1.29, 1.82) is 0 Å². The molecule has 0 aliphatic heterocycles. The number of hydrogen-bond acceptors (Lipinski definition) is 3. The lowest BCUT2D eigenvalue weighted by atomic mass is 10.0. The second-order valence-electron chi connectivity index (χ2n) is 4.94. The van der Waals surface area contributed by atoms with Gasteiger partial charge in [0.05, 0.1) is 6.26 Å². The highest BCUT2D eigenvalue weighted by Gasteiger charge is 2.15. The standard InChI is InChI=1S/C14H20O4/c15-14(16)12-7-8-18-13(12)10-17-9-11-5-3-1-2-4-6-11/h7-8,11H,1-6,9-10H2,(H,15,16). The van der Waals surface area contributed by atoms with E-state index in [1.807, 2.05) is 0 Å². The van der Waals surface area contributed by atoms with Crippen LogP contribution in [-0.4, -0.2) is 17.7 Å². The molecule has 2 rings (SSSR count). The molecule has 0 spiro atoms. The van der Waals surface area contributed by atoms with Crippen molar-refractivity contribution >= 4 is 5.97 Å². The van der Waals surface area contributed by atoms with Gasteiger partial charge in [-0.15, -0.1) is 0 Å². The minimum atomic E-state index is -0.961. The molecule has 0 unspecified atom stereocenters. The molecule has 0 radical (unpaired) electrons. The summed E-state index contributed by atoms with van der Waals surface area (Å²) < 4.78 is 10.7. The van der Waals surface area contributed by atoms with E-state index >= 15 is 0 Å². The molecule has 1 aromatic rings. The number of carbonyl (C=O) groups is 1. The lowest BCUT2D eigenvalue weighted by Gasteiger charge is -2.13. The van der Waals surface area contributed by atoms with Gasteiger partial charge < -0.3 is 14.3 Å². The van der Waals surface area contributed by atoms with Gasteiger partial charge in [0.15, 0.2) is 0 Å². The van der Waals surface area contributed by atoms with E-state index < -0.39 is 5.97 Å². The highest BCUT2D eigenvalue weighted by molar-refractivity contribution is 5.88. The maximum atomic E-state index is 10.9. The second kappa shape index (κ2) is 6.59. The lowest BCUT2D eigenvalue weighted by Crippen LogP contribution is -2.09. The van der Waals surface area contributed by atoms with E-state index in [9.17, 15) is 4.79 Å². The Balaban J connectivity index is 1.77. The number of rotatable bonds is 5. The summed E-state index contributed by atoms with van der Waals surface area (Å²) >= 11 is 0. The number of carboxylic acids is 1. The maximum absolute atomic E-state index is 10.9. The van der Waals surface area contributed by atoms with E-state index in [1.54, 1.807) is 0 Å². The van der Waals surface area contributed by atoms with Crippen molar-refractivity contribution in [3.05, 3.63) is 23.7 Å². The van der Waals surface area contributed by atoms with Gasteiger partial charge in [-0.1, -0.05) is 25.7 Å². The van der Waals surface area contributed by atoms with Crippen molar-refractivity contribution in [2.24, 2.45) is 5.92 Å². The molecule has 0 atom stereocenters. The molecule has 1 heterocycles. The summed E-state index contributed by atoms with van der Waals surface area (Å²) in [5, 5.41) is 8.92. The zero-order valence-electron chi connectivity index (χ0n) is 10.6. The summed E-state index contributed by atoms with van der Waals surface area (Å²) in [4.78, 5) is 10.9. The summed E-state index contributed by atoms with van der Waals surface area (Å²) in [5.74, 6) is 0.0729. The van der Waals surface area contributed by atoms with Crippen LogP contribution in [0.25, 0.3) is 0 Å².